The standard InChI is InChI=1S/C7H12NO2/c1-2-10-7(9)6-3-4-8-5-6/h6,8H,1-5H2. The maximum Gasteiger partial charge on any atom is 0.310 e. The highest BCUT2D eigenvalue weighted by Gasteiger charge is 2.22. The minimum atomic E-state index is -0.111. The van der Waals surface area contributed by atoms with Crippen LogP contribution in [-0.4, -0.2) is 25.7 Å². The highest BCUT2D eigenvalue weighted by molar-refractivity contribution is 5.73. The molecule has 57 valence electrons. The second-order valence-electron chi connectivity index (χ2n) is 2.36. The van der Waals surface area contributed by atoms with E-state index in [1.165, 1.54) is 0 Å². The van der Waals surface area contributed by atoms with Crippen molar-refractivity contribution in [2.24, 2.45) is 5.92 Å². The lowest BCUT2D eigenvalue weighted by atomic mass is 10.1. The molecule has 0 aromatic rings. The van der Waals surface area contributed by atoms with E-state index >= 15 is 0 Å². The van der Waals surface area contributed by atoms with Crippen LogP contribution in [0.3, 0.4) is 0 Å². The fourth-order valence-electron chi connectivity index (χ4n) is 1.07. The van der Waals surface area contributed by atoms with Gasteiger partial charge in [0.15, 0.2) is 0 Å². The number of nitrogens with one attached hydrogen (secondary N) is 1. The molecule has 1 heterocycles. The zero-order valence-electron chi connectivity index (χ0n) is 5.93. The Morgan fingerprint density at radius 1 is 1.80 bits per heavy atom. The van der Waals surface area contributed by atoms with E-state index in [-0.39, 0.29) is 18.5 Å². The fraction of sp³-hybridized carbons (Fsp3) is 0.714. The van der Waals surface area contributed by atoms with Crippen LogP contribution in [-0.2, 0) is 9.53 Å². The molecule has 0 saturated carbocycles. The molecule has 1 saturated heterocycles. The van der Waals surface area contributed by atoms with E-state index in [4.69, 9.17) is 4.74 Å². The Morgan fingerprint density at radius 2 is 2.60 bits per heavy atom. The van der Waals surface area contributed by atoms with Crippen molar-refractivity contribution in [3.8, 4) is 0 Å². The molecule has 0 spiro atoms. The Balaban J connectivity index is 2.25. The van der Waals surface area contributed by atoms with Crippen molar-refractivity contribution < 1.29 is 9.53 Å². The van der Waals surface area contributed by atoms with Crippen molar-refractivity contribution in [1.29, 1.82) is 0 Å². The molecule has 3 nitrogen and oxygen atoms in total. The zero-order valence-corrected chi connectivity index (χ0v) is 5.93. The molecule has 0 aromatic carbocycles. The van der Waals surface area contributed by atoms with Gasteiger partial charge in [-0.25, -0.2) is 0 Å². The average Bonchev–Trinajstić information content (AvgIpc) is 2.38. The molecule has 1 radical (unpaired) electrons. The van der Waals surface area contributed by atoms with Crippen molar-refractivity contribution in [2.45, 2.75) is 6.42 Å². The van der Waals surface area contributed by atoms with E-state index in [9.17, 15) is 4.79 Å². The van der Waals surface area contributed by atoms with Gasteiger partial charge in [-0.3, -0.25) is 4.79 Å². The maximum atomic E-state index is 10.9. The van der Waals surface area contributed by atoms with Gasteiger partial charge >= 0.3 is 5.97 Å². The summed E-state index contributed by atoms with van der Waals surface area (Å²) in [6.45, 7) is 5.37. The number of hydrogen-bond acceptors (Lipinski definition) is 3. The predicted octanol–water partition coefficient (Wildman–Crippen LogP) is -0.0268. The zero-order chi connectivity index (χ0) is 7.40. The van der Waals surface area contributed by atoms with Gasteiger partial charge in [-0.05, 0) is 19.9 Å². The van der Waals surface area contributed by atoms with Crippen LogP contribution in [0.25, 0.3) is 0 Å². The van der Waals surface area contributed by atoms with Crippen LogP contribution in [0.2, 0.25) is 0 Å². The van der Waals surface area contributed by atoms with Crippen molar-refractivity contribution in [3.05, 3.63) is 6.92 Å². The highest BCUT2D eigenvalue weighted by atomic mass is 16.5. The molecule has 1 fully saturated rings. The maximum absolute atomic E-state index is 10.9. The number of carbonyl (C=O) groups is 1. The van der Waals surface area contributed by atoms with Crippen molar-refractivity contribution >= 4 is 5.97 Å². The van der Waals surface area contributed by atoms with Crippen LogP contribution in [0, 0.1) is 12.8 Å². The van der Waals surface area contributed by atoms with E-state index in [1.807, 2.05) is 0 Å². The first-order valence-electron chi connectivity index (χ1n) is 3.51. The van der Waals surface area contributed by atoms with Gasteiger partial charge in [0, 0.05) is 6.54 Å². The Kier molecular flexibility index (Phi) is 2.68. The lowest BCUT2D eigenvalue weighted by molar-refractivity contribution is -0.146. The van der Waals surface area contributed by atoms with E-state index in [0.717, 1.165) is 19.5 Å². The lowest BCUT2D eigenvalue weighted by Crippen LogP contribution is -2.20. The van der Waals surface area contributed by atoms with Crippen molar-refractivity contribution in [3.63, 3.8) is 0 Å². The van der Waals surface area contributed by atoms with Gasteiger partial charge in [-0.15, -0.1) is 0 Å². The molecule has 1 N–H and O–H groups in total. The summed E-state index contributed by atoms with van der Waals surface area (Å²) in [6.07, 6.45) is 0.902. The summed E-state index contributed by atoms with van der Waals surface area (Å²) in [6, 6.07) is 0. The largest absolute Gasteiger partial charge is 0.465 e. The number of hydrogen-bond donors (Lipinski definition) is 1. The van der Waals surface area contributed by atoms with Crippen LogP contribution >= 0.6 is 0 Å². The summed E-state index contributed by atoms with van der Waals surface area (Å²) in [5.41, 5.74) is 0. The van der Waals surface area contributed by atoms with Crippen LogP contribution < -0.4 is 5.32 Å². The summed E-state index contributed by atoms with van der Waals surface area (Å²) >= 11 is 0. The summed E-state index contributed by atoms with van der Waals surface area (Å²) in [5.74, 6) is -0.0400. The second-order valence-corrected chi connectivity index (χ2v) is 2.36. The molecule has 0 amide bonds. The van der Waals surface area contributed by atoms with Gasteiger partial charge < -0.3 is 10.1 Å². The third kappa shape index (κ3) is 1.70. The Bertz CT molecular complexity index is 119. The Hall–Kier alpha value is -0.570. The van der Waals surface area contributed by atoms with E-state index in [1.54, 1.807) is 0 Å². The molecule has 1 unspecified atom stereocenters. The molecule has 0 bridgehead atoms. The van der Waals surface area contributed by atoms with Gasteiger partial charge in [0.2, 0.25) is 0 Å². The topological polar surface area (TPSA) is 38.3 Å². The Morgan fingerprint density at radius 3 is 3.10 bits per heavy atom. The number of esters is 1. The fourth-order valence-corrected chi connectivity index (χ4v) is 1.07. The van der Waals surface area contributed by atoms with E-state index < -0.39 is 0 Å². The second kappa shape index (κ2) is 3.56. The number of carbonyl (C=O) groups excluding carboxylic acids is 1. The quantitative estimate of drug-likeness (QED) is 0.550. The van der Waals surface area contributed by atoms with Gasteiger partial charge in [0.05, 0.1) is 12.5 Å². The van der Waals surface area contributed by atoms with Gasteiger partial charge in [0.1, 0.15) is 0 Å². The summed E-state index contributed by atoms with van der Waals surface area (Å²) in [7, 11) is 0. The first-order valence-corrected chi connectivity index (χ1v) is 3.51. The molecule has 1 atom stereocenters. The third-order valence-corrected chi connectivity index (χ3v) is 1.64. The monoisotopic (exact) mass is 142 g/mol. The third-order valence-electron chi connectivity index (χ3n) is 1.64. The minimum absolute atomic E-state index is 0.0711. The van der Waals surface area contributed by atoms with E-state index in [0.29, 0.717) is 0 Å². The average molecular weight is 142 g/mol. The first-order chi connectivity index (χ1) is 4.84. The van der Waals surface area contributed by atoms with Gasteiger partial charge in [-0.2, -0.15) is 0 Å². The minimum Gasteiger partial charge on any atom is -0.465 e. The molecule has 0 aliphatic carbocycles. The van der Waals surface area contributed by atoms with Crippen LogP contribution in [0.1, 0.15) is 6.42 Å². The Labute approximate surface area is 60.7 Å². The van der Waals surface area contributed by atoms with Crippen LogP contribution in [0.4, 0.5) is 0 Å². The molecule has 10 heavy (non-hydrogen) atoms. The number of rotatable bonds is 2. The number of ether oxygens (including phenoxy) is 1. The summed E-state index contributed by atoms with van der Waals surface area (Å²) in [5, 5.41) is 3.09. The summed E-state index contributed by atoms with van der Waals surface area (Å²) in [4.78, 5) is 10.9. The molecule has 1 aliphatic rings. The predicted molar refractivity (Wildman–Crippen MR) is 37.3 cm³/mol. The highest BCUT2D eigenvalue weighted by Crippen LogP contribution is 2.08. The SMILES string of the molecule is [CH2]COC(=O)C1CCNC1. The van der Waals surface area contributed by atoms with Crippen molar-refractivity contribution in [2.75, 3.05) is 19.7 Å². The molecule has 3 heteroatoms. The summed E-state index contributed by atoms with van der Waals surface area (Å²) < 4.78 is 4.74. The molecule has 1 rings (SSSR count). The van der Waals surface area contributed by atoms with E-state index in [2.05, 4.69) is 12.2 Å². The molecule has 1 aliphatic heterocycles. The molecular weight excluding hydrogens is 130 g/mol. The molecular formula is C7H12NO2. The molecule has 0 aromatic heterocycles. The normalized spacial score (nSPS) is 24.7. The lowest BCUT2D eigenvalue weighted by Gasteiger charge is -2.05. The van der Waals surface area contributed by atoms with Crippen LogP contribution in [0.15, 0.2) is 0 Å². The van der Waals surface area contributed by atoms with Crippen LogP contribution in [0.5, 0.6) is 0 Å². The first kappa shape index (κ1) is 7.54. The van der Waals surface area contributed by atoms with Gasteiger partial charge in [-0.1, -0.05) is 0 Å². The smallest absolute Gasteiger partial charge is 0.310 e. The van der Waals surface area contributed by atoms with Crippen molar-refractivity contribution in [1.82, 2.24) is 5.32 Å². The van der Waals surface area contributed by atoms with Gasteiger partial charge in [0.25, 0.3) is 0 Å².